The van der Waals surface area contributed by atoms with E-state index in [9.17, 15) is 0 Å². The molecule has 2 heterocycles. The van der Waals surface area contributed by atoms with Crippen molar-refractivity contribution in [2.24, 2.45) is 0 Å². The fourth-order valence-electron chi connectivity index (χ4n) is 3.28. The highest BCUT2D eigenvalue weighted by Gasteiger charge is 2.45. The Morgan fingerprint density at radius 1 is 1.24 bits per heavy atom. The number of imidazole rings is 1. The molecule has 0 amide bonds. The van der Waals surface area contributed by atoms with Gasteiger partial charge in [0, 0.05) is 35.7 Å². The first-order valence-electron chi connectivity index (χ1n) is 9.22. The third-order valence-corrected chi connectivity index (χ3v) is 5.28. The van der Waals surface area contributed by atoms with Crippen molar-refractivity contribution in [1.82, 2.24) is 9.55 Å². The molecule has 29 heavy (non-hydrogen) atoms. The van der Waals surface area contributed by atoms with Crippen LogP contribution >= 0.6 is 23.2 Å². The minimum absolute atomic E-state index is 0.255. The molecule has 1 aliphatic heterocycles. The van der Waals surface area contributed by atoms with Gasteiger partial charge in [-0.05, 0) is 36.4 Å². The number of benzene rings is 2. The number of halogens is 2. The van der Waals surface area contributed by atoms with E-state index in [2.05, 4.69) is 10.3 Å². The number of anilines is 1. The average molecular weight is 434 g/mol. The van der Waals surface area contributed by atoms with Gasteiger partial charge in [0.05, 0.1) is 24.5 Å². The van der Waals surface area contributed by atoms with Crippen LogP contribution in [0.2, 0.25) is 10.0 Å². The normalized spacial score (nSPS) is 21.3. The van der Waals surface area contributed by atoms with Crippen LogP contribution in [0.3, 0.4) is 0 Å². The second-order valence-electron chi connectivity index (χ2n) is 6.75. The number of hydrogen-bond donors (Lipinski definition) is 1. The lowest BCUT2D eigenvalue weighted by molar-refractivity contribution is -0.189. The fraction of sp³-hybridized carbons (Fsp3) is 0.286. The van der Waals surface area contributed by atoms with Gasteiger partial charge in [0.15, 0.2) is 0 Å². The van der Waals surface area contributed by atoms with E-state index in [4.69, 9.17) is 37.4 Å². The lowest BCUT2D eigenvalue weighted by atomic mass is 10.1. The van der Waals surface area contributed by atoms with Crippen molar-refractivity contribution in [3.05, 3.63) is 76.8 Å². The molecule has 1 fully saturated rings. The molecule has 8 heteroatoms. The summed E-state index contributed by atoms with van der Waals surface area (Å²) in [4.78, 5) is 4.10. The highest BCUT2D eigenvalue weighted by molar-refractivity contribution is 6.35. The molecule has 1 saturated heterocycles. The van der Waals surface area contributed by atoms with Crippen LogP contribution < -0.4 is 10.1 Å². The van der Waals surface area contributed by atoms with Crippen LogP contribution in [0, 0.1) is 0 Å². The van der Waals surface area contributed by atoms with E-state index in [0.717, 1.165) is 17.0 Å². The first-order valence-corrected chi connectivity index (χ1v) is 9.97. The van der Waals surface area contributed by atoms with Crippen molar-refractivity contribution in [2.75, 3.05) is 25.6 Å². The quantitative estimate of drug-likeness (QED) is 0.590. The molecule has 4 rings (SSSR count). The Hall–Kier alpha value is -2.25. The molecule has 0 bridgehead atoms. The summed E-state index contributed by atoms with van der Waals surface area (Å²) in [5, 5.41) is 4.12. The summed E-state index contributed by atoms with van der Waals surface area (Å²) in [6.07, 6.45) is 5.02. The Bertz CT molecular complexity index is 950. The first kappa shape index (κ1) is 20.0. The number of nitrogens with one attached hydrogen (secondary N) is 1. The topological polar surface area (TPSA) is 57.5 Å². The standard InChI is InChI=1S/C21H21Cl2N3O3/c1-24-16-3-5-17(6-4-16)27-11-18-12-28-21(29-18,13-26-9-8-25-14-26)19-7-2-15(22)10-20(19)23/h2-10,14,18,24H,11-13H2,1H3. The van der Waals surface area contributed by atoms with Gasteiger partial charge in [0.2, 0.25) is 5.79 Å². The van der Waals surface area contributed by atoms with Crippen molar-refractivity contribution < 1.29 is 14.2 Å². The summed E-state index contributed by atoms with van der Waals surface area (Å²) in [6.45, 7) is 1.14. The van der Waals surface area contributed by atoms with Gasteiger partial charge >= 0.3 is 0 Å². The SMILES string of the molecule is CNc1ccc(OCC2COC(Cn3ccnc3)(c3ccc(Cl)cc3Cl)O2)cc1. The Kier molecular flexibility index (Phi) is 5.96. The number of aromatic nitrogens is 2. The Labute approximate surface area is 179 Å². The zero-order chi connectivity index (χ0) is 20.3. The van der Waals surface area contributed by atoms with Crippen LogP contribution in [0.4, 0.5) is 5.69 Å². The minimum atomic E-state index is -1.05. The molecule has 152 valence electrons. The van der Waals surface area contributed by atoms with E-state index in [1.54, 1.807) is 24.7 Å². The van der Waals surface area contributed by atoms with Gasteiger partial charge in [0.1, 0.15) is 18.5 Å². The molecule has 2 atom stereocenters. The van der Waals surface area contributed by atoms with Crippen LogP contribution in [-0.2, 0) is 21.8 Å². The largest absolute Gasteiger partial charge is 0.491 e. The zero-order valence-corrected chi connectivity index (χ0v) is 17.4. The van der Waals surface area contributed by atoms with Gasteiger partial charge in [0.25, 0.3) is 0 Å². The third kappa shape index (κ3) is 4.51. The Morgan fingerprint density at radius 3 is 2.76 bits per heavy atom. The van der Waals surface area contributed by atoms with Crippen molar-refractivity contribution in [1.29, 1.82) is 0 Å². The van der Waals surface area contributed by atoms with Crippen LogP contribution in [0.25, 0.3) is 0 Å². The van der Waals surface area contributed by atoms with Crippen molar-refractivity contribution in [3.8, 4) is 5.75 Å². The molecule has 6 nitrogen and oxygen atoms in total. The molecule has 0 spiro atoms. The summed E-state index contributed by atoms with van der Waals surface area (Å²) in [6, 6.07) is 13.0. The predicted molar refractivity (Wildman–Crippen MR) is 113 cm³/mol. The van der Waals surface area contributed by atoms with Crippen LogP contribution in [0.5, 0.6) is 5.75 Å². The number of hydrogen-bond acceptors (Lipinski definition) is 5. The maximum atomic E-state index is 6.48. The molecular formula is C21H21Cl2N3O3. The maximum Gasteiger partial charge on any atom is 0.215 e. The van der Waals surface area contributed by atoms with Gasteiger partial charge in [-0.3, -0.25) is 0 Å². The van der Waals surface area contributed by atoms with Crippen LogP contribution in [0.1, 0.15) is 5.56 Å². The van der Waals surface area contributed by atoms with E-state index >= 15 is 0 Å². The van der Waals surface area contributed by atoms with Crippen molar-refractivity contribution >= 4 is 28.9 Å². The summed E-state index contributed by atoms with van der Waals surface area (Å²) < 4.78 is 20.3. The van der Waals surface area contributed by atoms with Gasteiger partial charge in [-0.25, -0.2) is 4.98 Å². The highest BCUT2D eigenvalue weighted by atomic mass is 35.5. The smallest absolute Gasteiger partial charge is 0.215 e. The molecule has 0 radical (unpaired) electrons. The van der Waals surface area contributed by atoms with E-state index in [0.29, 0.717) is 29.8 Å². The maximum absolute atomic E-state index is 6.48. The zero-order valence-electron chi connectivity index (χ0n) is 15.8. The summed E-state index contributed by atoms with van der Waals surface area (Å²) in [5.74, 6) is -0.281. The number of nitrogens with zero attached hydrogens (tertiary/aromatic N) is 2. The predicted octanol–water partition coefficient (Wildman–Crippen LogP) is 4.58. The Morgan fingerprint density at radius 2 is 2.07 bits per heavy atom. The molecule has 3 aromatic rings. The van der Waals surface area contributed by atoms with Gasteiger partial charge in [-0.1, -0.05) is 29.3 Å². The molecule has 2 unspecified atom stereocenters. The lowest BCUT2D eigenvalue weighted by Crippen LogP contribution is -2.34. The van der Waals surface area contributed by atoms with E-state index in [1.165, 1.54) is 0 Å². The van der Waals surface area contributed by atoms with E-state index in [-0.39, 0.29) is 6.10 Å². The van der Waals surface area contributed by atoms with Gasteiger partial charge < -0.3 is 24.1 Å². The van der Waals surface area contributed by atoms with Gasteiger partial charge in [-0.2, -0.15) is 0 Å². The third-order valence-electron chi connectivity index (χ3n) is 4.73. The van der Waals surface area contributed by atoms with Gasteiger partial charge in [-0.15, -0.1) is 0 Å². The fourth-order valence-corrected chi connectivity index (χ4v) is 3.83. The first-order chi connectivity index (χ1) is 14.1. The van der Waals surface area contributed by atoms with Crippen molar-refractivity contribution in [3.63, 3.8) is 0 Å². The highest BCUT2D eigenvalue weighted by Crippen LogP contribution is 2.40. The number of rotatable bonds is 7. The number of ether oxygens (including phenoxy) is 3. The molecule has 0 aliphatic carbocycles. The van der Waals surface area contributed by atoms with E-state index < -0.39 is 5.79 Å². The average Bonchev–Trinajstić information content (AvgIpc) is 3.37. The molecule has 1 N–H and O–H groups in total. The molecule has 0 saturated carbocycles. The monoisotopic (exact) mass is 433 g/mol. The second-order valence-corrected chi connectivity index (χ2v) is 7.59. The van der Waals surface area contributed by atoms with Crippen molar-refractivity contribution in [2.45, 2.75) is 18.4 Å². The molecule has 2 aromatic carbocycles. The lowest BCUT2D eigenvalue weighted by Gasteiger charge is -2.30. The minimum Gasteiger partial charge on any atom is -0.491 e. The Balaban J connectivity index is 1.51. The van der Waals surface area contributed by atoms with E-state index in [1.807, 2.05) is 48.1 Å². The summed E-state index contributed by atoms with van der Waals surface area (Å²) >= 11 is 12.6. The summed E-state index contributed by atoms with van der Waals surface area (Å²) in [5.41, 5.74) is 1.74. The summed E-state index contributed by atoms with van der Waals surface area (Å²) in [7, 11) is 1.88. The second kappa shape index (κ2) is 8.63. The van der Waals surface area contributed by atoms with Crippen LogP contribution in [-0.4, -0.2) is 35.9 Å². The molecule has 1 aromatic heterocycles. The molecular weight excluding hydrogens is 413 g/mol. The molecule has 1 aliphatic rings. The van der Waals surface area contributed by atoms with Crippen LogP contribution in [0.15, 0.2) is 61.2 Å².